The highest BCUT2D eigenvalue weighted by Gasteiger charge is 2.29. The summed E-state index contributed by atoms with van der Waals surface area (Å²) in [6, 6.07) is 3.63. The summed E-state index contributed by atoms with van der Waals surface area (Å²) < 4.78 is 26.2. The molecule has 0 radical (unpaired) electrons. The van der Waals surface area contributed by atoms with E-state index >= 15 is 0 Å². The first kappa shape index (κ1) is 17.8. The van der Waals surface area contributed by atoms with Crippen LogP contribution in [0, 0.1) is 11.6 Å². The molecule has 2 N–H and O–H groups in total. The molecule has 0 bridgehead atoms. The molecule has 0 aromatic heterocycles. The summed E-state index contributed by atoms with van der Waals surface area (Å²) >= 11 is 0. The van der Waals surface area contributed by atoms with Gasteiger partial charge >= 0.3 is 0 Å². The molecule has 3 rings (SSSR count). The third kappa shape index (κ3) is 4.75. The van der Waals surface area contributed by atoms with Crippen molar-refractivity contribution in [2.75, 3.05) is 19.6 Å². The van der Waals surface area contributed by atoms with Crippen LogP contribution in [0.15, 0.2) is 18.2 Å². The summed E-state index contributed by atoms with van der Waals surface area (Å²) in [5, 5.41) is 5.74. The van der Waals surface area contributed by atoms with E-state index in [2.05, 4.69) is 15.5 Å². The average molecular weight is 351 g/mol. The lowest BCUT2D eigenvalue weighted by atomic mass is 10.0. The number of hydrogen-bond acceptors (Lipinski definition) is 3. The monoisotopic (exact) mass is 351 g/mol. The van der Waals surface area contributed by atoms with Crippen LogP contribution in [0.3, 0.4) is 0 Å². The predicted molar refractivity (Wildman–Crippen MR) is 88.8 cm³/mol. The molecule has 0 aliphatic carbocycles. The zero-order valence-electron chi connectivity index (χ0n) is 14.1. The number of nitrogens with one attached hydrogen (secondary N) is 2. The van der Waals surface area contributed by atoms with Crippen LogP contribution in [0.2, 0.25) is 0 Å². The van der Waals surface area contributed by atoms with Crippen LogP contribution in [0.1, 0.15) is 31.2 Å². The van der Waals surface area contributed by atoms with Crippen LogP contribution in [0.4, 0.5) is 8.78 Å². The van der Waals surface area contributed by atoms with E-state index in [0.29, 0.717) is 19.3 Å². The molecule has 2 amide bonds. The standard InChI is InChI=1S/C18H23F2N3O2/c19-14-5-4-12(10-15(14)20)6-8-23-9-7-13(11-23)21-18(25)16-2-1-3-17(24)22-16/h4-5,10,13,16H,1-3,6-9,11H2,(H,21,25)(H,22,24)/t13-,16+/m0/s1. The molecule has 2 fully saturated rings. The van der Waals surface area contributed by atoms with Crippen molar-refractivity contribution in [3.05, 3.63) is 35.4 Å². The molecule has 25 heavy (non-hydrogen) atoms. The normalized spacial score (nSPS) is 24.2. The summed E-state index contributed by atoms with van der Waals surface area (Å²) in [5.41, 5.74) is 0.760. The zero-order valence-corrected chi connectivity index (χ0v) is 14.1. The molecule has 2 saturated heterocycles. The second kappa shape index (κ2) is 7.91. The Morgan fingerprint density at radius 2 is 2.12 bits per heavy atom. The van der Waals surface area contributed by atoms with Crippen LogP contribution in [0.25, 0.3) is 0 Å². The summed E-state index contributed by atoms with van der Waals surface area (Å²) in [6.45, 7) is 2.32. The van der Waals surface area contributed by atoms with Gasteiger partial charge in [-0.25, -0.2) is 8.78 Å². The largest absolute Gasteiger partial charge is 0.350 e. The lowest BCUT2D eigenvalue weighted by Crippen LogP contribution is -2.51. The van der Waals surface area contributed by atoms with E-state index < -0.39 is 17.7 Å². The molecule has 2 aliphatic heterocycles. The minimum absolute atomic E-state index is 0.0639. The highest BCUT2D eigenvalue weighted by molar-refractivity contribution is 5.88. The average Bonchev–Trinajstić information content (AvgIpc) is 3.03. The van der Waals surface area contributed by atoms with Crippen LogP contribution < -0.4 is 10.6 Å². The molecule has 0 spiro atoms. The van der Waals surface area contributed by atoms with Crippen molar-refractivity contribution in [3.63, 3.8) is 0 Å². The maximum absolute atomic E-state index is 13.2. The highest BCUT2D eigenvalue weighted by Crippen LogP contribution is 2.14. The minimum Gasteiger partial charge on any atom is -0.350 e. The number of benzene rings is 1. The van der Waals surface area contributed by atoms with Crippen molar-refractivity contribution in [2.45, 2.75) is 44.2 Å². The Balaban J connectivity index is 1.43. The summed E-state index contributed by atoms with van der Waals surface area (Å²) in [6.07, 6.45) is 3.41. The zero-order chi connectivity index (χ0) is 17.8. The van der Waals surface area contributed by atoms with Crippen molar-refractivity contribution in [3.8, 4) is 0 Å². The summed E-state index contributed by atoms with van der Waals surface area (Å²) in [4.78, 5) is 25.8. The molecule has 5 nitrogen and oxygen atoms in total. The molecule has 1 aromatic rings. The Morgan fingerprint density at radius 1 is 1.28 bits per heavy atom. The molecule has 1 aromatic carbocycles. The number of likely N-dealkylation sites (tertiary alicyclic amines) is 1. The third-order valence-electron chi connectivity index (χ3n) is 4.87. The maximum Gasteiger partial charge on any atom is 0.242 e. The van der Waals surface area contributed by atoms with Gasteiger partial charge in [0.2, 0.25) is 11.8 Å². The van der Waals surface area contributed by atoms with Gasteiger partial charge in [0.05, 0.1) is 0 Å². The first-order valence-electron chi connectivity index (χ1n) is 8.77. The van der Waals surface area contributed by atoms with Gasteiger partial charge in [-0.3, -0.25) is 9.59 Å². The van der Waals surface area contributed by atoms with Crippen molar-refractivity contribution >= 4 is 11.8 Å². The van der Waals surface area contributed by atoms with Gasteiger partial charge in [-0.15, -0.1) is 0 Å². The van der Waals surface area contributed by atoms with Gasteiger partial charge in [0, 0.05) is 32.1 Å². The fourth-order valence-electron chi connectivity index (χ4n) is 3.44. The fourth-order valence-corrected chi connectivity index (χ4v) is 3.44. The molecule has 2 heterocycles. The van der Waals surface area contributed by atoms with Gasteiger partial charge in [0.1, 0.15) is 6.04 Å². The van der Waals surface area contributed by atoms with Crippen molar-refractivity contribution < 1.29 is 18.4 Å². The van der Waals surface area contributed by atoms with E-state index in [1.54, 1.807) is 6.07 Å². The van der Waals surface area contributed by atoms with Gasteiger partial charge in [0.25, 0.3) is 0 Å². The Labute approximate surface area is 145 Å². The Kier molecular flexibility index (Phi) is 5.63. The van der Waals surface area contributed by atoms with Crippen LogP contribution in [-0.4, -0.2) is 48.4 Å². The SMILES string of the molecule is O=C1CCC[C@H](C(=O)N[C@H]2CCN(CCc3ccc(F)c(F)c3)C2)N1. The first-order valence-corrected chi connectivity index (χ1v) is 8.77. The van der Waals surface area contributed by atoms with Gasteiger partial charge in [0.15, 0.2) is 11.6 Å². The number of piperidine rings is 1. The number of nitrogens with zero attached hydrogens (tertiary/aromatic N) is 1. The van der Waals surface area contributed by atoms with Gasteiger partial charge in [-0.1, -0.05) is 6.07 Å². The molecular weight excluding hydrogens is 328 g/mol. The summed E-state index contributed by atoms with van der Waals surface area (Å²) in [5.74, 6) is -1.83. The van der Waals surface area contributed by atoms with Crippen LogP contribution in [-0.2, 0) is 16.0 Å². The topological polar surface area (TPSA) is 61.4 Å². The number of hydrogen-bond donors (Lipinski definition) is 2. The molecule has 2 aliphatic rings. The molecule has 0 saturated carbocycles. The van der Waals surface area contributed by atoms with E-state index in [9.17, 15) is 18.4 Å². The van der Waals surface area contributed by atoms with E-state index in [1.165, 1.54) is 6.07 Å². The van der Waals surface area contributed by atoms with Gasteiger partial charge < -0.3 is 15.5 Å². The molecule has 0 unspecified atom stereocenters. The fraction of sp³-hybridized carbons (Fsp3) is 0.556. The smallest absolute Gasteiger partial charge is 0.242 e. The molecule has 136 valence electrons. The quantitative estimate of drug-likeness (QED) is 0.842. The number of amides is 2. The van der Waals surface area contributed by atoms with E-state index in [4.69, 9.17) is 0 Å². The van der Waals surface area contributed by atoms with E-state index in [-0.39, 0.29) is 17.9 Å². The first-order chi connectivity index (χ1) is 12.0. The molecule has 2 atom stereocenters. The number of halogens is 2. The third-order valence-corrected chi connectivity index (χ3v) is 4.87. The second-order valence-electron chi connectivity index (χ2n) is 6.81. The number of rotatable bonds is 5. The van der Waals surface area contributed by atoms with Crippen molar-refractivity contribution in [1.29, 1.82) is 0 Å². The lowest BCUT2D eigenvalue weighted by Gasteiger charge is -2.24. The Bertz CT molecular complexity index is 653. The second-order valence-corrected chi connectivity index (χ2v) is 6.81. The molecule has 7 heteroatoms. The van der Waals surface area contributed by atoms with E-state index in [0.717, 1.165) is 44.1 Å². The van der Waals surface area contributed by atoms with Crippen LogP contribution >= 0.6 is 0 Å². The molecular formula is C18H23F2N3O2. The highest BCUT2D eigenvalue weighted by atomic mass is 19.2. The van der Waals surface area contributed by atoms with Gasteiger partial charge in [-0.2, -0.15) is 0 Å². The summed E-state index contributed by atoms with van der Waals surface area (Å²) in [7, 11) is 0. The number of carbonyl (C=O) groups is 2. The van der Waals surface area contributed by atoms with Crippen LogP contribution in [0.5, 0.6) is 0 Å². The Hall–Kier alpha value is -2.02. The van der Waals surface area contributed by atoms with Crippen molar-refractivity contribution in [2.24, 2.45) is 0 Å². The predicted octanol–water partition coefficient (Wildman–Crippen LogP) is 1.37. The van der Waals surface area contributed by atoms with Gasteiger partial charge in [-0.05, 0) is 43.4 Å². The van der Waals surface area contributed by atoms with Crippen molar-refractivity contribution in [1.82, 2.24) is 15.5 Å². The minimum atomic E-state index is -0.831. The van der Waals surface area contributed by atoms with E-state index in [1.807, 2.05) is 0 Å². The lowest BCUT2D eigenvalue weighted by molar-refractivity contribution is -0.131. The maximum atomic E-state index is 13.2. The number of carbonyl (C=O) groups excluding carboxylic acids is 2. The Morgan fingerprint density at radius 3 is 2.88 bits per heavy atom.